The molecule has 0 fully saturated rings. The summed E-state index contributed by atoms with van der Waals surface area (Å²) in [5.74, 6) is 0.0477. The normalized spacial score (nSPS) is 15.2. The molecule has 0 amide bonds. The largest absolute Gasteiger partial charge is 0.328 e. The Morgan fingerprint density at radius 1 is 1.06 bits per heavy atom. The molecule has 0 bridgehead atoms. The van der Waals surface area contributed by atoms with Gasteiger partial charge in [0.1, 0.15) is 0 Å². The van der Waals surface area contributed by atoms with Gasteiger partial charge in [0.05, 0.1) is 12.7 Å². The summed E-state index contributed by atoms with van der Waals surface area (Å²) in [6.45, 7) is 7.43. The Kier molecular flexibility index (Phi) is 7.42. The molecule has 0 saturated heterocycles. The molecule has 0 saturated carbocycles. The van der Waals surface area contributed by atoms with Gasteiger partial charge in [0.2, 0.25) is 0 Å². The van der Waals surface area contributed by atoms with Crippen molar-refractivity contribution >= 4 is 17.2 Å². The molecular formula is C8H20O6P2. The van der Waals surface area contributed by atoms with Crippen molar-refractivity contribution in [3.05, 3.63) is 0 Å². The fourth-order valence-electron chi connectivity index (χ4n) is 1.57. The van der Waals surface area contributed by atoms with Crippen molar-refractivity contribution in [3.8, 4) is 0 Å². The maximum absolute atomic E-state index is 8.88. The highest BCUT2D eigenvalue weighted by Gasteiger charge is 2.35. The van der Waals surface area contributed by atoms with Gasteiger partial charge in [0.15, 0.2) is 0 Å². The average Bonchev–Trinajstić information content (AvgIpc) is 2.10. The molecule has 8 heteroatoms. The lowest BCUT2D eigenvalue weighted by Gasteiger charge is -2.36. The molecule has 0 aromatic heterocycles. The topological polar surface area (TPSA) is 99.4 Å². The van der Waals surface area contributed by atoms with Gasteiger partial charge >= 0.3 is 17.2 Å². The maximum atomic E-state index is 8.88. The van der Waals surface area contributed by atoms with Gasteiger partial charge in [-0.2, -0.15) is 0 Å². The van der Waals surface area contributed by atoms with Crippen molar-refractivity contribution in [1.82, 2.24) is 0 Å². The summed E-state index contributed by atoms with van der Waals surface area (Å²) in [5, 5.41) is 0. The van der Waals surface area contributed by atoms with E-state index in [1.165, 1.54) is 0 Å². The van der Waals surface area contributed by atoms with Gasteiger partial charge in [0, 0.05) is 5.41 Å². The number of rotatable bonds is 7. The van der Waals surface area contributed by atoms with E-state index < -0.39 is 28.7 Å². The Bertz CT molecular complexity index is 197. The molecule has 0 radical (unpaired) electrons. The second-order valence-corrected chi connectivity index (χ2v) is 6.02. The fraction of sp³-hybridized carbons (Fsp3) is 1.00. The SMILES string of the molecule is CC(C)C(OP(O)O)C(C)(C)COP(O)O. The summed E-state index contributed by atoms with van der Waals surface area (Å²) in [6, 6.07) is 0. The number of hydrogen-bond acceptors (Lipinski definition) is 6. The van der Waals surface area contributed by atoms with Crippen LogP contribution in [-0.2, 0) is 9.05 Å². The lowest BCUT2D eigenvalue weighted by Crippen LogP contribution is -2.38. The molecule has 6 nitrogen and oxygen atoms in total. The quantitative estimate of drug-likeness (QED) is 0.525. The van der Waals surface area contributed by atoms with Crippen LogP contribution in [0.4, 0.5) is 0 Å². The van der Waals surface area contributed by atoms with Crippen LogP contribution >= 0.6 is 17.2 Å². The predicted octanol–water partition coefficient (Wildman–Crippen LogP) is 1.49. The molecule has 0 aromatic carbocycles. The van der Waals surface area contributed by atoms with Gasteiger partial charge in [-0.15, -0.1) is 0 Å². The Labute approximate surface area is 98.2 Å². The van der Waals surface area contributed by atoms with E-state index in [9.17, 15) is 0 Å². The molecule has 0 aliphatic carbocycles. The zero-order valence-corrected chi connectivity index (χ0v) is 11.7. The first-order valence-corrected chi connectivity index (χ1v) is 7.15. The molecule has 0 aliphatic heterocycles. The first kappa shape index (κ1) is 16.6. The third-order valence-electron chi connectivity index (χ3n) is 2.14. The minimum Gasteiger partial charge on any atom is -0.328 e. The summed E-state index contributed by atoms with van der Waals surface area (Å²) in [6.07, 6.45) is -0.441. The lowest BCUT2D eigenvalue weighted by atomic mass is 9.82. The van der Waals surface area contributed by atoms with E-state index in [2.05, 4.69) is 0 Å². The summed E-state index contributed by atoms with van der Waals surface area (Å²) in [5.41, 5.74) is -0.549. The fourth-order valence-corrected chi connectivity index (χ4v) is 2.75. The first-order chi connectivity index (χ1) is 7.16. The Balaban J connectivity index is 4.49. The van der Waals surface area contributed by atoms with E-state index in [1.807, 2.05) is 13.8 Å². The Hall–Kier alpha value is 0.620. The molecular weight excluding hydrogens is 254 g/mol. The summed E-state index contributed by atoms with van der Waals surface area (Å²) in [4.78, 5) is 35.1. The van der Waals surface area contributed by atoms with Crippen LogP contribution in [0.3, 0.4) is 0 Å². The van der Waals surface area contributed by atoms with Crippen LogP contribution in [0.15, 0.2) is 0 Å². The molecule has 0 aromatic rings. The van der Waals surface area contributed by atoms with E-state index in [4.69, 9.17) is 28.6 Å². The van der Waals surface area contributed by atoms with Gasteiger partial charge < -0.3 is 28.6 Å². The van der Waals surface area contributed by atoms with Gasteiger partial charge in [-0.05, 0) is 5.92 Å². The highest BCUT2D eigenvalue weighted by molar-refractivity contribution is 7.39. The van der Waals surface area contributed by atoms with Gasteiger partial charge in [-0.3, -0.25) is 0 Å². The molecule has 1 atom stereocenters. The van der Waals surface area contributed by atoms with E-state index >= 15 is 0 Å². The highest BCUT2D eigenvalue weighted by Crippen LogP contribution is 2.40. The van der Waals surface area contributed by atoms with Crippen molar-refractivity contribution in [1.29, 1.82) is 0 Å². The Morgan fingerprint density at radius 3 is 1.88 bits per heavy atom. The van der Waals surface area contributed by atoms with Crippen LogP contribution in [0.2, 0.25) is 0 Å². The van der Waals surface area contributed by atoms with Gasteiger partial charge in [-0.25, -0.2) is 0 Å². The minimum atomic E-state index is -2.44. The predicted molar refractivity (Wildman–Crippen MR) is 62.2 cm³/mol. The van der Waals surface area contributed by atoms with Gasteiger partial charge in [-0.1, -0.05) is 27.7 Å². The van der Waals surface area contributed by atoms with E-state index in [0.29, 0.717) is 0 Å². The van der Waals surface area contributed by atoms with Gasteiger partial charge in [0.25, 0.3) is 0 Å². The molecule has 4 N–H and O–H groups in total. The zero-order valence-electron chi connectivity index (χ0n) is 9.86. The smallest absolute Gasteiger partial charge is 0.327 e. The van der Waals surface area contributed by atoms with E-state index in [0.717, 1.165) is 0 Å². The standard InChI is InChI=1S/C8H20O6P2/c1-6(2)7(14-16(11)12)8(3,4)5-13-15(9)10/h6-7,9-12H,5H2,1-4H3. The van der Waals surface area contributed by atoms with Crippen molar-refractivity contribution in [2.75, 3.05) is 6.61 Å². The second-order valence-electron chi connectivity index (χ2n) is 4.54. The van der Waals surface area contributed by atoms with Crippen molar-refractivity contribution in [2.45, 2.75) is 33.8 Å². The van der Waals surface area contributed by atoms with Crippen molar-refractivity contribution in [2.24, 2.45) is 11.3 Å². The molecule has 0 heterocycles. The molecule has 0 aliphatic rings. The van der Waals surface area contributed by atoms with Crippen molar-refractivity contribution < 1.29 is 28.6 Å². The molecule has 0 spiro atoms. The number of hydrogen-bond donors (Lipinski definition) is 4. The third kappa shape index (κ3) is 6.38. The average molecular weight is 274 g/mol. The molecule has 0 rings (SSSR count). The van der Waals surface area contributed by atoms with Crippen LogP contribution in [0, 0.1) is 11.3 Å². The zero-order chi connectivity index (χ0) is 12.9. The summed E-state index contributed by atoms with van der Waals surface area (Å²) < 4.78 is 9.81. The van der Waals surface area contributed by atoms with E-state index in [-0.39, 0.29) is 12.5 Å². The summed E-state index contributed by atoms with van der Waals surface area (Å²) >= 11 is 0. The lowest BCUT2D eigenvalue weighted by molar-refractivity contribution is -0.00510. The third-order valence-corrected chi connectivity index (χ3v) is 2.91. The van der Waals surface area contributed by atoms with Crippen LogP contribution in [0.1, 0.15) is 27.7 Å². The van der Waals surface area contributed by atoms with Crippen LogP contribution in [0.25, 0.3) is 0 Å². The van der Waals surface area contributed by atoms with Crippen LogP contribution in [0.5, 0.6) is 0 Å². The van der Waals surface area contributed by atoms with Crippen LogP contribution in [-0.4, -0.2) is 32.3 Å². The molecule has 16 heavy (non-hydrogen) atoms. The molecule has 98 valence electrons. The maximum Gasteiger partial charge on any atom is 0.327 e. The van der Waals surface area contributed by atoms with Crippen LogP contribution < -0.4 is 0 Å². The highest BCUT2D eigenvalue weighted by atomic mass is 31.2. The first-order valence-electron chi connectivity index (χ1n) is 4.82. The summed E-state index contributed by atoms with van der Waals surface area (Å²) in [7, 11) is -4.84. The molecule has 1 unspecified atom stereocenters. The van der Waals surface area contributed by atoms with Crippen molar-refractivity contribution in [3.63, 3.8) is 0 Å². The Morgan fingerprint density at radius 2 is 1.56 bits per heavy atom. The monoisotopic (exact) mass is 274 g/mol. The minimum absolute atomic E-state index is 0.0477. The van der Waals surface area contributed by atoms with E-state index in [1.54, 1.807) is 13.8 Å². The second kappa shape index (κ2) is 7.14.